The van der Waals surface area contributed by atoms with Crippen LogP contribution in [-0.4, -0.2) is 14.7 Å². The molecule has 0 radical (unpaired) electrons. The molecule has 22 heavy (non-hydrogen) atoms. The van der Waals surface area contributed by atoms with Crippen LogP contribution >= 0.6 is 69.6 Å². The normalized spacial score (nSPS) is 11.8. The monoisotopic (exact) mass is 436 g/mol. The SMILES string of the molecule is CS(=O)(=O)c1ccc(-c2c(Cl)c(Cl)c(Cl)c(Cl)c2Cl)c(Cl)c1. The molecule has 2 aromatic rings. The summed E-state index contributed by atoms with van der Waals surface area (Å²) in [4.78, 5) is 0.0691. The van der Waals surface area contributed by atoms with Gasteiger partial charge in [-0.1, -0.05) is 75.7 Å². The third-order valence-electron chi connectivity index (χ3n) is 2.85. The van der Waals surface area contributed by atoms with E-state index in [-0.39, 0.29) is 40.6 Å². The van der Waals surface area contributed by atoms with Gasteiger partial charge in [0, 0.05) is 22.4 Å². The lowest BCUT2D eigenvalue weighted by Gasteiger charge is -2.14. The fourth-order valence-corrected chi connectivity index (χ4v) is 4.10. The van der Waals surface area contributed by atoms with Crippen molar-refractivity contribution >= 4 is 79.4 Å². The van der Waals surface area contributed by atoms with E-state index in [0.29, 0.717) is 5.56 Å². The van der Waals surface area contributed by atoms with E-state index in [1.54, 1.807) is 0 Å². The number of halogens is 6. The average molecular weight is 439 g/mol. The summed E-state index contributed by atoms with van der Waals surface area (Å²) in [7, 11) is -3.39. The molecule has 2 nitrogen and oxygen atoms in total. The van der Waals surface area contributed by atoms with Crippen LogP contribution in [0.1, 0.15) is 0 Å². The molecule has 0 saturated heterocycles. The fourth-order valence-electron chi connectivity index (χ4n) is 1.77. The smallest absolute Gasteiger partial charge is 0.175 e. The molecule has 0 fully saturated rings. The molecule has 0 aliphatic heterocycles. The molecular formula is C13H6Cl6O2S. The highest BCUT2D eigenvalue weighted by Crippen LogP contribution is 2.49. The molecule has 0 aromatic heterocycles. The van der Waals surface area contributed by atoms with E-state index in [0.717, 1.165) is 6.26 Å². The van der Waals surface area contributed by atoms with Crippen LogP contribution in [-0.2, 0) is 9.84 Å². The van der Waals surface area contributed by atoms with Gasteiger partial charge in [0.1, 0.15) is 0 Å². The molecule has 9 heteroatoms. The number of benzene rings is 2. The zero-order chi connectivity index (χ0) is 16.8. The first-order valence-corrected chi connectivity index (χ1v) is 9.73. The molecule has 2 rings (SSSR count). The fraction of sp³-hybridized carbons (Fsp3) is 0.0769. The maximum Gasteiger partial charge on any atom is 0.175 e. The zero-order valence-corrected chi connectivity index (χ0v) is 16.1. The Labute approximate surface area is 157 Å². The lowest BCUT2D eigenvalue weighted by Crippen LogP contribution is -1.97. The van der Waals surface area contributed by atoms with Crippen molar-refractivity contribution in [2.75, 3.05) is 6.26 Å². The zero-order valence-electron chi connectivity index (χ0n) is 10.7. The van der Waals surface area contributed by atoms with Crippen LogP contribution in [0.15, 0.2) is 23.1 Å². The van der Waals surface area contributed by atoms with Crippen LogP contribution in [0.3, 0.4) is 0 Å². The van der Waals surface area contributed by atoms with Gasteiger partial charge in [-0.2, -0.15) is 0 Å². The molecule has 0 heterocycles. The van der Waals surface area contributed by atoms with Gasteiger partial charge in [0.05, 0.1) is 30.0 Å². The second-order valence-electron chi connectivity index (χ2n) is 4.36. The third kappa shape index (κ3) is 3.32. The molecule has 0 bridgehead atoms. The van der Waals surface area contributed by atoms with Crippen LogP contribution in [0.2, 0.25) is 30.1 Å². The van der Waals surface area contributed by atoms with Crippen LogP contribution in [0, 0.1) is 0 Å². The highest BCUT2D eigenvalue weighted by Gasteiger charge is 2.22. The summed E-state index contributed by atoms with van der Waals surface area (Å²) in [5, 5.41) is 0.407. The van der Waals surface area contributed by atoms with Crippen molar-refractivity contribution in [2.24, 2.45) is 0 Å². The maximum absolute atomic E-state index is 11.5. The molecule has 0 unspecified atom stereocenters. The first kappa shape index (κ1) is 18.5. The third-order valence-corrected chi connectivity index (χ3v) is 6.55. The van der Waals surface area contributed by atoms with Gasteiger partial charge in [-0.25, -0.2) is 8.42 Å². The highest BCUT2D eigenvalue weighted by atomic mass is 35.5. The van der Waals surface area contributed by atoms with Crippen LogP contribution < -0.4 is 0 Å². The minimum absolute atomic E-state index is 0.0333. The first-order chi connectivity index (χ1) is 10.1. The van der Waals surface area contributed by atoms with E-state index >= 15 is 0 Å². The van der Waals surface area contributed by atoms with Gasteiger partial charge in [0.2, 0.25) is 0 Å². The van der Waals surface area contributed by atoms with Crippen molar-refractivity contribution in [3.05, 3.63) is 48.3 Å². The van der Waals surface area contributed by atoms with E-state index in [2.05, 4.69) is 0 Å². The van der Waals surface area contributed by atoms with Gasteiger partial charge in [-0.05, 0) is 12.1 Å². The summed E-state index contributed by atoms with van der Waals surface area (Å²) in [5.74, 6) is 0. The minimum Gasteiger partial charge on any atom is -0.224 e. The van der Waals surface area contributed by atoms with Crippen molar-refractivity contribution in [3.63, 3.8) is 0 Å². The van der Waals surface area contributed by atoms with Crippen LogP contribution in [0.4, 0.5) is 0 Å². The van der Waals surface area contributed by atoms with E-state index in [1.807, 2.05) is 0 Å². The van der Waals surface area contributed by atoms with E-state index in [1.165, 1.54) is 18.2 Å². The second kappa shape index (κ2) is 6.56. The number of hydrogen-bond donors (Lipinski definition) is 0. The van der Waals surface area contributed by atoms with Gasteiger partial charge in [0.15, 0.2) is 9.84 Å². The first-order valence-electron chi connectivity index (χ1n) is 5.57. The molecule has 0 spiro atoms. The van der Waals surface area contributed by atoms with Gasteiger partial charge >= 0.3 is 0 Å². The summed E-state index contributed by atoms with van der Waals surface area (Å²) >= 11 is 36.5. The lowest BCUT2D eigenvalue weighted by molar-refractivity contribution is 0.602. The molecule has 0 aliphatic rings. The summed E-state index contributed by atoms with van der Waals surface area (Å²) in [6, 6.07) is 4.17. The van der Waals surface area contributed by atoms with E-state index in [9.17, 15) is 8.42 Å². The second-order valence-corrected chi connectivity index (χ2v) is 8.67. The molecule has 118 valence electrons. The van der Waals surface area contributed by atoms with Gasteiger partial charge < -0.3 is 0 Å². The van der Waals surface area contributed by atoms with Crippen molar-refractivity contribution in [1.82, 2.24) is 0 Å². The summed E-state index contributed by atoms with van der Waals surface area (Å²) < 4.78 is 23.1. The van der Waals surface area contributed by atoms with Crippen molar-refractivity contribution in [3.8, 4) is 11.1 Å². The predicted molar refractivity (Wildman–Crippen MR) is 95.0 cm³/mol. The van der Waals surface area contributed by atoms with Crippen LogP contribution in [0.5, 0.6) is 0 Å². The maximum atomic E-state index is 11.5. The summed E-state index contributed by atoms with van der Waals surface area (Å²) in [6.45, 7) is 0. The Morgan fingerprint density at radius 2 is 1.23 bits per heavy atom. The molecule has 0 aliphatic carbocycles. The van der Waals surface area contributed by atoms with Gasteiger partial charge in [0.25, 0.3) is 0 Å². The number of rotatable bonds is 2. The predicted octanol–water partition coefficient (Wildman–Crippen LogP) is 6.68. The topological polar surface area (TPSA) is 34.1 Å². The molecule has 2 aromatic carbocycles. The summed E-state index contributed by atoms with van der Waals surface area (Å²) in [6.07, 6.45) is 1.08. The molecular weight excluding hydrogens is 433 g/mol. The Balaban J connectivity index is 2.79. The Bertz CT molecular complexity index is 848. The minimum atomic E-state index is -3.39. The van der Waals surface area contributed by atoms with E-state index < -0.39 is 9.84 Å². The summed E-state index contributed by atoms with van der Waals surface area (Å²) in [5.41, 5.74) is 0.678. The van der Waals surface area contributed by atoms with Gasteiger partial charge in [-0.15, -0.1) is 0 Å². The largest absolute Gasteiger partial charge is 0.224 e. The Morgan fingerprint density at radius 1 is 0.773 bits per heavy atom. The Hall–Kier alpha value is 0.130. The molecule has 0 N–H and O–H groups in total. The van der Waals surface area contributed by atoms with E-state index in [4.69, 9.17) is 69.6 Å². The molecule has 0 saturated carbocycles. The van der Waals surface area contributed by atoms with Crippen molar-refractivity contribution in [2.45, 2.75) is 4.90 Å². The standard InChI is InChI=1S/C13H6Cl6O2S/c1-22(20,21)5-2-3-6(7(14)4-5)8-9(15)11(17)13(19)12(18)10(8)16/h2-4H,1H3. The number of hydrogen-bond acceptors (Lipinski definition) is 2. The lowest BCUT2D eigenvalue weighted by atomic mass is 10.1. The van der Waals surface area contributed by atoms with Gasteiger partial charge in [-0.3, -0.25) is 0 Å². The van der Waals surface area contributed by atoms with Crippen molar-refractivity contribution in [1.29, 1.82) is 0 Å². The molecule has 0 amide bonds. The van der Waals surface area contributed by atoms with Crippen LogP contribution in [0.25, 0.3) is 11.1 Å². The Morgan fingerprint density at radius 3 is 1.64 bits per heavy atom. The highest BCUT2D eigenvalue weighted by molar-refractivity contribution is 7.90. The van der Waals surface area contributed by atoms with Crippen molar-refractivity contribution < 1.29 is 8.42 Å². The quantitative estimate of drug-likeness (QED) is 0.387. The Kier molecular flexibility index (Phi) is 5.51. The average Bonchev–Trinajstić information content (AvgIpc) is 2.43. The number of sulfone groups is 1. The molecule has 0 atom stereocenters.